The van der Waals surface area contributed by atoms with E-state index in [-0.39, 0.29) is 35.6 Å². The van der Waals surface area contributed by atoms with Gasteiger partial charge in [0.05, 0.1) is 6.54 Å². The summed E-state index contributed by atoms with van der Waals surface area (Å²) in [6.45, 7) is 0.769. The van der Waals surface area contributed by atoms with Crippen molar-refractivity contribution in [2.45, 2.75) is 25.4 Å². The lowest BCUT2D eigenvalue weighted by Crippen LogP contribution is -2.39. The highest BCUT2D eigenvalue weighted by molar-refractivity contribution is 5.92. The monoisotopic (exact) mass is 348 g/mol. The summed E-state index contributed by atoms with van der Waals surface area (Å²) in [6, 6.07) is 12.3. The molecule has 1 amide bonds. The van der Waals surface area contributed by atoms with Gasteiger partial charge < -0.3 is 11.1 Å². The van der Waals surface area contributed by atoms with Gasteiger partial charge in [-0.15, -0.1) is 12.4 Å². The van der Waals surface area contributed by atoms with Crippen LogP contribution in [0.15, 0.2) is 47.3 Å². The van der Waals surface area contributed by atoms with Crippen LogP contribution in [0.5, 0.6) is 0 Å². The summed E-state index contributed by atoms with van der Waals surface area (Å²) in [7, 11) is 0. The second-order valence-electron chi connectivity index (χ2n) is 5.91. The molecule has 128 valence electrons. The summed E-state index contributed by atoms with van der Waals surface area (Å²) in [5.74, 6) is 0.221. The topological polar surface area (TPSA) is 90.0 Å². The highest BCUT2D eigenvalue weighted by Gasteiger charge is 2.28. The molecule has 1 saturated carbocycles. The predicted octanol–water partition coefficient (Wildman–Crippen LogP) is 1.18. The van der Waals surface area contributed by atoms with Crippen molar-refractivity contribution in [3.05, 3.63) is 64.1 Å². The van der Waals surface area contributed by atoms with Crippen LogP contribution in [0.3, 0.4) is 0 Å². The first-order valence-electron chi connectivity index (χ1n) is 7.79. The molecule has 1 aromatic carbocycles. The number of nitrogens with one attached hydrogen (secondary N) is 1. The summed E-state index contributed by atoms with van der Waals surface area (Å²) in [4.78, 5) is 24.1. The number of aromatic nitrogens is 2. The Morgan fingerprint density at radius 2 is 1.96 bits per heavy atom. The van der Waals surface area contributed by atoms with E-state index in [4.69, 9.17) is 5.73 Å². The van der Waals surface area contributed by atoms with Gasteiger partial charge in [0.2, 0.25) is 0 Å². The molecule has 1 heterocycles. The minimum atomic E-state index is -0.303. The number of nitrogens with two attached hydrogens (primary N) is 1. The SMILES string of the molecule is Cl.NC(CNC(=O)c1ccc(=O)n(Cc2ccccc2)n1)C1CC1. The average Bonchev–Trinajstić information content (AvgIpc) is 3.40. The Morgan fingerprint density at radius 1 is 1.25 bits per heavy atom. The van der Waals surface area contributed by atoms with Crippen LogP contribution >= 0.6 is 12.4 Å². The van der Waals surface area contributed by atoms with E-state index in [1.165, 1.54) is 16.8 Å². The maximum Gasteiger partial charge on any atom is 0.271 e. The molecule has 1 aliphatic rings. The number of hydrogen-bond acceptors (Lipinski definition) is 4. The Morgan fingerprint density at radius 3 is 2.62 bits per heavy atom. The molecule has 6 nitrogen and oxygen atoms in total. The summed E-state index contributed by atoms with van der Waals surface area (Å²) < 4.78 is 1.30. The summed E-state index contributed by atoms with van der Waals surface area (Å²) in [5, 5.41) is 6.95. The Labute approximate surface area is 146 Å². The molecule has 0 saturated heterocycles. The van der Waals surface area contributed by atoms with Gasteiger partial charge >= 0.3 is 0 Å². The minimum Gasteiger partial charge on any atom is -0.349 e. The van der Waals surface area contributed by atoms with Gasteiger partial charge in [-0.2, -0.15) is 5.10 Å². The average molecular weight is 349 g/mol. The van der Waals surface area contributed by atoms with Crippen molar-refractivity contribution in [3.8, 4) is 0 Å². The molecule has 1 unspecified atom stereocenters. The van der Waals surface area contributed by atoms with E-state index < -0.39 is 0 Å². The number of amides is 1. The summed E-state index contributed by atoms with van der Waals surface area (Å²) in [5.41, 5.74) is 6.91. The zero-order valence-electron chi connectivity index (χ0n) is 13.2. The lowest BCUT2D eigenvalue weighted by Gasteiger charge is -2.12. The number of carbonyl (C=O) groups excluding carboxylic acids is 1. The normalized spacial score (nSPS) is 14.5. The van der Waals surface area contributed by atoms with E-state index in [2.05, 4.69) is 10.4 Å². The molecule has 2 aromatic rings. The second-order valence-corrected chi connectivity index (χ2v) is 5.91. The predicted molar refractivity (Wildman–Crippen MR) is 94.3 cm³/mol. The largest absolute Gasteiger partial charge is 0.349 e. The van der Waals surface area contributed by atoms with E-state index >= 15 is 0 Å². The first-order chi connectivity index (χ1) is 11.1. The fourth-order valence-corrected chi connectivity index (χ4v) is 2.43. The molecule has 1 aromatic heterocycles. The quantitative estimate of drug-likeness (QED) is 0.820. The third kappa shape index (κ3) is 4.66. The van der Waals surface area contributed by atoms with Gasteiger partial charge in [-0.1, -0.05) is 30.3 Å². The number of nitrogens with zero attached hydrogens (tertiary/aromatic N) is 2. The molecule has 0 spiro atoms. The molecule has 0 radical (unpaired) electrons. The number of rotatable bonds is 6. The highest BCUT2D eigenvalue weighted by atomic mass is 35.5. The van der Waals surface area contributed by atoms with Crippen LogP contribution in [0.25, 0.3) is 0 Å². The van der Waals surface area contributed by atoms with Gasteiger partial charge in [0.25, 0.3) is 11.5 Å². The molecule has 1 aliphatic carbocycles. The Bertz CT molecular complexity index is 744. The van der Waals surface area contributed by atoms with Crippen LogP contribution in [-0.4, -0.2) is 28.3 Å². The molecular weight excluding hydrogens is 328 g/mol. The maximum atomic E-state index is 12.2. The molecule has 0 bridgehead atoms. The van der Waals surface area contributed by atoms with E-state index in [0.717, 1.165) is 18.4 Å². The van der Waals surface area contributed by atoms with Crippen molar-refractivity contribution in [2.75, 3.05) is 6.54 Å². The van der Waals surface area contributed by atoms with Crippen LogP contribution in [0.1, 0.15) is 28.9 Å². The van der Waals surface area contributed by atoms with Crippen LogP contribution in [0.4, 0.5) is 0 Å². The Hall–Kier alpha value is -2.18. The van der Waals surface area contributed by atoms with Gasteiger partial charge in [0.15, 0.2) is 0 Å². The van der Waals surface area contributed by atoms with E-state index in [1.807, 2.05) is 30.3 Å². The molecule has 0 aliphatic heterocycles. The van der Waals surface area contributed by atoms with Gasteiger partial charge in [0.1, 0.15) is 5.69 Å². The fourth-order valence-electron chi connectivity index (χ4n) is 2.43. The zero-order valence-corrected chi connectivity index (χ0v) is 14.0. The van der Waals surface area contributed by atoms with Gasteiger partial charge in [0, 0.05) is 18.7 Å². The number of benzene rings is 1. The first-order valence-corrected chi connectivity index (χ1v) is 7.79. The van der Waals surface area contributed by atoms with E-state index in [1.54, 1.807) is 0 Å². The van der Waals surface area contributed by atoms with Gasteiger partial charge in [-0.25, -0.2) is 4.68 Å². The van der Waals surface area contributed by atoms with E-state index in [9.17, 15) is 9.59 Å². The van der Waals surface area contributed by atoms with Crippen molar-refractivity contribution in [2.24, 2.45) is 11.7 Å². The molecule has 1 atom stereocenters. The van der Waals surface area contributed by atoms with Gasteiger partial charge in [-0.05, 0) is 30.4 Å². The standard InChI is InChI=1S/C17H20N4O2.ClH/c18-14(13-6-7-13)10-19-17(23)15-8-9-16(22)21(20-15)11-12-4-2-1-3-5-12;/h1-5,8-9,13-14H,6-7,10-11,18H2,(H,19,23);1H. The first kappa shape index (κ1) is 18.2. The van der Waals surface area contributed by atoms with Crippen LogP contribution in [0.2, 0.25) is 0 Å². The zero-order chi connectivity index (χ0) is 16.2. The smallest absolute Gasteiger partial charge is 0.271 e. The summed E-state index contributed by atoms with van der Waals surface area (Å²) >= 11 is 0. The molecular formula is C17H21ClN4O2. The van der Waals surface area contributed by atoms with Crippen molar-refractivity contribution < 1.29 is 4.79 Å². The number of halogens is 1. The maximum absolute atomic E-state index is 12.2. The third-order valence-electron chi connectivity index (χ3n) is 4.00. The lowest BCUT2D eigenvalue weighted by atomic mass is 10.2. The second kappa shape index (κ2) is 8.08. The Kier molecular flexibility index (Phi) is 6.11. The highest BCUT2D eigenvalue weighted by Crippen LogP contribution is 2.31. The van der Waals surface area contributed by atoms with Crippen molar-refractivity contribution in [1.29, 1.82) is 0 Å². The van der Waals surface area contributed by atoms with Gasteiger partial charge in [-0.3, -0.25) is 9.59 Å². The molecule has 3 rings (SSSR count). The molecule has 3 N–H and O–H groups in total. The van der Waals surface area contributed by atoms with Crippen LogP contribution < -0.4 is 16.6 Å². The van der Waals surface area contributed by atoms with Crippen molar-refractivity contribution >= 4 is 18.3 Å². The number of hydrogen-bond donors (Lipinski definition) is 2. The minimum absolute atomic E-state index is 0. The third-order valence-corrected chi connectivity index (χ3v) is 4.00. The lowest BCUT2D eigenvalue weighted by molar-refractivity contribution is 0.0943. The molecule has 1 fully saturated rings. The molecule has 7 heteroatoms. The van der Waals surface area contributed by atoms with Crippen LogP contribution in [-0.2, 0) is 6.54 Å². The molecule has 24 heavy (non-hydrogen) atoms. The van der Waals surface area contributed by atoms with Crippen LogP contribution in [0, 0.1) is 5.92 Å². The fraction of sp³-hybridized carbons (Fsp3) is 0.353. The van der Waals surface area contributed by atoms with Crippen molar-refractivity contribution in [1.82, 2.24) is 15.1 Å². The summed E-state index contributed by atoms with van der Waals surface area (Å²) in [6.07, 6.45) is 2.27. The Balaban J connectivity index is 0.00000208. The van der Waals surface area contributed by atoms with Crippen molar-refractivity contribution in [3.63, 3.8) is 0 Å². The van der Waals surface area contributed by atoms with E-state index in [0.29, 0.717) is 19.0 Å². The number of carbonyl (C=O) groups is 1.